The Morgan fingerprint density at radius 1 is 1.12 bits per heavy atom. The third kappa shape index (κ3) is 5.57. The van der Waals surface area contributed by atoms with Gasteiger partial charge in [-0.2, -0.15) is 0 Å². The highest BCUT2D eigenvalue weighted by molar-refractivity contribution is 5.77. The van der Waals surface area contributed by atoms with Crippen molar-refractivity contribution in [1.29, 1.82) is 0 Å². The summed E-state index contributed by atoms with van der Waals surface area (Å²) in [5.74, 6) is -0.165. The number of likely N-dealkylation sites (tertiary alicyclic amines) is 1. The van der Waals surface area contributed by atoms with Crippen molar-refractivity contribution < 1.29 is 13.9 Å². The van der Waals surface area contributed by atoms with Gasteiger partial charge in [0.15, 0.2) is 6.61 Å². The molecule has 0 atom stereocenters. The van der Waals surface area contributed by atoms with Crippen molar-refractivity contribution in [1.82, 2.24) is 10.2 Å². The van der Waals surface area contributed by atoms with Crippen molar-refractivity contribution in [3.05, 3.63) is 66.0 Å². The van der Waals surface area contributed by atoms with Crippen LogP contribution in [0.1, 0.15) is 18.4 Å². The number of nitrogens with one attached hydrogen (secondary N) is 1. The van der Waals surface area contributed by atoms with Crippen LogP contribution in [0.25, 0.3) is 0 Å². The van der Waals surface area contributed by atoms with Crippen molar-refractivity contribution >= 4 is 5.91 Å². The Hall–Kier alpha value is -2.40. The molecule has 1 aliphatic rings. The summed E-state index contributed by atoms with van der Waals surface area (Å²) in [6.45, 7) is 2.78. The monoisotopic (exact) mass is 342 g/mol. The normalized spacial score (nSPS) is 15.7. The van der Waals surface area contributed by atoms with Crippen molar-refractivity contribution in [2.45, 2.75) is 25.4 Å². The molecule has 3 rings (SSSR count). The van der Waals surface area contributed by atoms with Gasteiger partial charge in [-0.25, -0.2) is 4.39 Å². The minimum absolute atomic E-state index is 0.0896. The van der Waals surface area contributed by atoms with Crippen LogP contribution in [0.3, 0.4) is 0 Å². The molecule has 1 heterocycles. The molecule has 0 bridgehead atoms. The van der Waals surface area contributed by atoms with Gasteiger partial charge in [-0.3, -0.25) is 9.69 Å². The number of piperidine rings is 1. The lowest BCUT2D eigenvalue weighted by Gasteiger charge is -2.32. The number of benzene rings is 2. The number of halogens is 1. The number of hydrogen-bond acceptors (Lipinski definition) is 3. The Morgan fingerprint density at radius 3 is 2.60 bits per heavy atom. The molecule has 1 N–H and O–H groups in total. The smallest absolute Gasteiger partial charge is 0.258 e. The predicted octanol–water partition coefficient (Wildman–Crippen LogP) is 2.99. The van der Waals surface area contributed by atoms with E-state index in [1.54, 1.807) is 12.1 Å². The third-order valence-electron chi connectivity index (χ3n) is 4.37. The molecule has 1 aliphatic heterocycles. The van der Waals surface area contributed by atoms with Gasteiger partial charge in [0.25, 0.3) is 5.91 Å². The van der Waals surface area contributed by atoms with Gasteiger partial charge in [0.1, 0.15) is 11.6 Å². The molecule has 25 heavy (non-hydrogen) atoms. The first-order valence-electron chi connectivity index (χ1n) is 8.63. The van der Waals surface area contributed by atoms with Crippen molar-refractivity contribution in [3.63, 3.8) is 0 Å². The van der Waals surface area contributed by atoms with E-state index in [4.69, 9.17) is 4.74 Å². The van der Waals surface area contributed by atoms with Gasteiger partial charge in [0.2, 0.25) is 0 Å². The summed E-state index contributed by atoms with van der Waals surface area (Å²) in [5.41, 5.74) is 1.31. The molecule has 0 aliphatic carbocycles. The van der Waals surface area contributed by atoms with Gasteiger partial charge in [0.05, 0.1) is 0 Å². The molecule has 1 amide bonds. The molecule has 132 valence electrons. The molecule has 2 aromatic carbocycles. The minimum Gasteiger partial charge on any atom is -0.484 e. The molecular weight excluding hydrogens is 319 g/mol. The van der Waals surface area contributed by atoms with E-state index < -0.39 is 0 Å². The minimum atomic E-state index is -0.372. The first-order chi connectivity index (χ1) is 12.2. The lowest BCUT2D eigenvalue weighted by atomic mass is 10.0. The number of amides is 1. The Labute approximate surface area is 147 Å². The lowest BCUT2D eigenvalue weighted by molar-refractivity contribution is -0.124. The van der Waals surface area contributed by atoms with Crippen LogP contribution in [0.15, 0.2) is 54.6 Å². The van der Waals surface area contributed by atoms with Crippen LogP contribution < -0.4 is 10.1 Å². The van der Waals surface area contributed by atoms with Gasteiger partial charge in [-0.15, -0.1) is 0 Å². The number of carbonyl (C=O) groups is 1. The molecule has 0 spiro atoms. The maximum absolute atomic E-state index is 13.1. The summed E-state index contributed by atoms with van der Waals surface area (Å²) in [6, 6.07) is 16.4. The van der Waals surface area contributed by atoms with Gasteiger partial charge in [-0.05, 0) is 30.5 Å². The summed E-state index contributed by atoms with van der Waals surface area (Å²) in [4.78, 5) is 14.4. The van der Waals surface area contributed by atoms with Crippen LogP contribution in [-0.4, -0.2) is 36.5 Å². The molecule has 5 heteroatoms. The highest BCUT2D eigenvalue weighted by atomic mass is 19.1. The number of hydrogen-bond donors (Lipinski definition) is 1. The Kier molecular flexibility index (Phi) is 6.01. The number of carbonyl (C=O) groups excluding carboxylic acids is 1. The Bertz CT molecular complexity index is 685. The SMILES string of the molecule is O=C(COc1cccc(F)c1)NC1CCN(Cc2ccccc2)CC1. The van der Waals surface area contributed by atoms with Gasteiger partial charge < -0.3 is 10.1 Å². The average Bonchev–Trinajstić information content (AvgIpc) is 2.63. The van der Waals surface area contributed by atoms with Crippen LogP contribution in [0.2, 0.25) is 0 Å². The van der Waals surface area contributed by atoms with Crippen LogP contribution in [0.4, 0.5) is 4.39 Å². The van der Waals surface area contributed by atoms with Crippen LogP contribution in [0.5, 0.6) is 5.75 Å². The molecule has 0 radical (unpaired) electrons. The predicted molar refractivity (Wildman–Crippen MR) is 94.8 cm³/mol. The van der Waals surface area contributed by atoms with E-state index in [1.165, 1.54) is 17.7 Å². The molecule has 4 nitrogen and oxygen atoms in total. The van der Waals surface area contributed by atoms with Gasteiger partial charge in [0, 0.05) is 31.7 Å². The second-order valence-corrected chi connectivity index (χ2v) is 6.35. The number of rotatable bonds is 6. The Morgan fingerprint density at radius 2 is 1.88 bits per heavy atom. The van der Waals surface area contributed by atoms with Crippen LogP contribution in [0, 0.1) is 5.82 Å². The molecule has 0 unspecified atom stereocenters. The molecular formula is C20H23FN2O2. The molecule has 0 aromatic heterocycles. The fraction of sp³-hybridized carbons (Fsp3) is 0.350. The molecule has 0 saturated carbocycles. The van der Waals surface area contributed by atoms with Crippen molar-refractivity contribution in [2.75, 3.05) is 19.7 Å². The number of ether oxygens (including phenoxy) is 1. The fourth-order valence-corrected chi connectivity index (χ4v) is 3.05. The molecule has 1 fully saturated rings. The first-order valence-corrected chi connectivity index (χ1v) is 8.63. The lowest BCUT2D eigenvalue weighted by Crippen LogP contribution is -2.45. The van der Waals surface area contributed by atoms with E-state index in [1.807, 2.05) is 6.07 Å². The maximum atomic E-state index is 13.1. The summed E-state index contributed by atoms with van der Waals surface area (Å²) in [5, 5.41) is 3.00. The second-order valence-electron chi connectivity index (χ2n) is 6.35. The summed E-state index contributed by atoms with van der Waals surface area (Å²) < 4.78 is 18.4. The zero-order chi connectivity index (χ0) is 17.5. The van der Waals surface area contributed by atoms with Crippen LogP contribution in [-0.2, 0) is 11.3 Å². The zero-order valence-electron chi connectivity index (χ0n) is 14.2. The first kappa shape index (κ1) is 17.4. The summed E-state index contributed by atoms with van der Waals surface area (Å²) >= 11 is 0. The van der Waals surface area contributed by atoms with Gasteiger partial charge >= 0.3 is 0 Å². The highest BCUT2D eigenvalue weighted by Gasteiger charge is 2.20. The van der Waals surface area contributed by atoms with E-state index in [2.05, 4.69) is 34.5 Å². The molecule has 1 saturated heterocycles. The van der Waals surface area contributed by atoms with Crippen LogP contribution >= 0.6 is 0 Å². The van der Waals surface area contributed by atoms with Crippen molar-refractivity contribution in [3.8, 4) is 5.75 Å². The topological polar surface area (TPSA) is 41.6 Å². The highest BCUT2D eigenvalue weighted by Crippen LogP contribution is 2.14. The van der Waals surface area contributed by atoms with E-state index in [0.717, 1.165) is 32.5 Å². The van der Waals surface area contributed by atoms with Gasteiger partial charge in [-0.1, -0.05) is 36.4 Å². The summed E-state index contributed by atoms with van der Waals surface area (Å²) in [6.07, 6.45) is 1.86. The zero-order valence-corrected chi connectivity index (χ0v) is 14.2. The van der Waals surface area contributed by atoms with E-state index in [0.29, 0.717) is 5.75 Å². The summed E-state index contributed by atoms with van der Waals surface area (Å²) in [7, 11) is 0. The van der Waals surface area contributed by atoms with Crippen molar-refractivity contribution in [2.24, 2.45) is 0 Å². The third-order valence-corrected chi connectivity index (χ3v) is 4.37. The van der Waals surface area contributed by atoms with E-state index >= 15 is 0 Å². The van der Waals surface area contributed by atoms with E-state index in [-0.39, 0.29) is 24.4 Å². The molecule has 2 aromatic rings. The second kappa shape index (κ2) is 8.62. The number of nitrogens with zero attached hydrogens (tertiary/aromatic N) is 1. The van der Waals surface area contributed by atoms with E-state index in [9.17, 15) is 9.18 Å². The fourth-order valence-electron chi connectivity index (χ4n) is 3.05. The average molecular weight is 342 g/mol. The standard InChI is InChI=1S/C20H23FN2O2/c21-17-7-4-8-19(13-17)25-15-20(24)22-18-9-11-23(12-10-18)14-16-5-2-1-3-6-16/h1-8,13,18H,9-12,14-15H2,(H,22,24). The Balaban J connectivity index is 1.37. The maximum Gasteiger partial charge on any atom is 0.258 e. The largest absolute Gasteiger partial charge is 0.484 e. The quantitative estimate of drug-likeness (QED) is 0.877.